The van der Waals surface area contributed by atoms with Crippen LogP contribution in [0.25, 0.3) is 0 Å². The lowest BCUT2D eigenvalue weighted by atomic mass is 10.1. The third-order valence-electron chi connectivity index (χ3n) is 2.58. The van der Waals surface area contributed by atoms with E-state index < -0.39 is 17.5 Å². The lowest BCUT2D eigenvalue weighted by Crippen LogP contribution is -2.27. The van der Waals surface area contributed by atoms with Gasteiger partial charge in [0, 0.05) is 18.5 Å². The summed E-state index contributed by atoms with van der Waals surface area (Å²) in [5.74, 6) is -2.31. The fourth-order valence-electron chi connectivity index (χ4n) is 1.62. The number of rotatable bonds is 7. The monoisotopic (exact) mass is 285 g/mol. The van der Waals surface area contributed by atoms with Crippen LogP contribution in [-0.2, 0) is 20.7 Å². The summed E-state index contributed by atoms with van der Waals surface area (Å²) in [4.78, 5) is 22.6. The molecule has 0 aromatic heterocycles. The van der Waals surface area contributed by atoms with Crippen LogP contribution < -0.4 is 5.32 Å². The minimum absolute atomic E-state index is 0.197. The van der Waals surface area contributed by atoms with Crippen LogP contribution >= 0.6 is 0 Å². The molecule has 110 valence electrons. The smallest absolute Gasteiger partial charge is 0.305 e. The average molecular weight is 285 g/mol. The Balaban J connectivity index is 2.32. The fraction of sp³-hybridized carbons (Fsp3) is 0.429. The SMILES string of the molecule is CCOC(=O)CCCNC(=O)Cc1c(F)cccc1F. The highest BCUT2D eigenvalue weighted by molar-refractivity contribution is 5.78. The molecule has 1 N–H and O–H groups in total. The summed E-state index contributed by atoms with van der Waals surface area (Å²) in [6.45, 7) is 2.29. The maximum absolute atomic E-state index is 13.3. The van der Waals surface area contributed by atoms with Gasteiger partial charge in [-0.2, -0.15) is 0 Å². The van der Waals surface area contributed by atoms with Crippen molar-refractivity contribution in [3.8, 4) is 0 Å². The molecular formula is C14H17F2NO3. The van der Waals surface area contributed by atoms with Crippen molar-refractivity contribution in [1.29, 1.82) is 0 Å². The molecule has 0 aliphatic carbocycles. The fourth-order valence-corrected chi connectivity index (χ4v) is 1.62. The van der Waals surface area contributed by atoms with Gasteiger partial charge in [-0.1, -0.05) is 6.07 Å². The molecule has 0 bridgehead atoms. The van der Waals surface area contributed by atoms with Gasteiger partial charge in [0.2, 0.25) is 5.91 Å². The summed E-state index contributed by atoms with van der Waals surface area (Å²) in [5.41, 5.74) is -0.254. The number of hydrogen-bond donors (Lipinski definition) is 1. The van der Waals surface area contributed by atoms with Gasteiger partial charge in [-0.15, -0.1) is 0 Å². The van der Waals surface area contributed by atoms with E-state index in [1.54, 1.807) is 6.92 Å². The molecule has 0 saturated carbocycles. The first-order chi connectivity index (χ1) is 9.54. The second-order valence-corrected chi connectivity index (χ2v) is 4.14. The summed E-state index contributed by atoms with van der Waals surface area (Å²) in [7, 11) is 0. The van der Waals surface area contributed by atoms with Crippen LogP contribution in [-0.4, -0.2) is 25.0 Å². The van der Waals surface area contributed by atoms with Crippen molar-refractivity contribution in [3.05, 3.63) is 35.4 Å². The molecule has 0 fully saturated rings. The van der Waals surface area contributed by atoms with Crippen LogP contribution in [0, 0.1) is 11.6 Å². The molecule has 0 radical (unpaired) electrons. The number of carbonyl (C=O) groups excluding carboxylic acids is 2. The molecule has 0 unspecified atom stereocenters. The second-order valence-electron chi connectivity index (χ2n) is 4.14. The standard InChI is InChI=1S/C14H17F2NO3/c1-2-20-14(19)7-4-8-17-13(18)9-10-11(15)5-3-6-12(10)16/h3,5-6H,2,4,7-9H2,1H3,(H,17,18). The molecule has 4 nitrogen and oxygen atoms in total. The van der Waals surface area contributed by atoms with Gasteiger partial charge < -0.3 is 10.1 Å². The Morgan fingerprint density at radius 3 is 2.50 bits per heavy atom. The maximum atomic E-state index is 13.3. The van der Waals surface area contributed by atoms with E-state index in [4.69, 9.17) is 4.74 Å². The van der Waals surface area contributed by atoms with Gasteiger partial charge >= 0.3 is 5.97 Å². The van der Waals surface area contributed by atoms with E-state index in [9.17, 15) is 18.4 Å². The lowest BCUT2D eigenvalue weighted by molar-refractivity contribution is -0.143. The Kier molecular flexibility index (Phi) is 6.63. The van der Waals surface area contributed by atoms with Crippen LogP contribution in [0.4, 0.5) is 8.78 Å². The summed E-state index contributed by atoms with van der Waals surface area (Å²) in [6, 6.07) is 3.45. The predicted molar refractivity (Wildman–Crippen MR) is 68.9 cm³/mol. The summed E-state index contributed by atoms with van der Waals surface area (Å²) in [5, 5.41) is 2.50. The van der Waals surface area contributed by atoms with E-state index in [0.717, 1.165) is 12.1 Å². The highest BCUT2D eigenvalue weighted by Crippen LogP contribution is 2.12. The molecule has 0 saturated heterocycles. The highest BCUT2D eigenvalue weighted by Gasteiger charge is 2.12. The Labute approximate surface area is 116 Å². The molecule has 0 aliphatic heterocycles. The third kappa shape index (κ3) is 5.34. The molecule has 0 heterocycles. The number of nitrogens with one attached hydrogen (secondary N) is 1. The summed E-state index contributed by atoms with van der Waals surface area (Å²) in [6.07, 6.45) is 0.254. The molecule has 0 spiro atoms. The zero-order valence-electron chi connectivity index (χ0n) is 11.2. The highest BCUT2D eigenvalue weighted by atomic mass is 19.1. The Hall–Kier alpha value is -1.98. The Bertz CT molecular complexity index is 457. The number of amides is 1. The van der Waals surface area contributed by atoms with E-state index in [-0.39, 0.29) is 30.9 Å². The molecule has 20 heavy (non-hydrogen) atoms. The van der Waals surface area contributed by atoms with E-state index in [2.05, 4.69) is 5.32 Å². The van der Waals surface area contributed by atoms with Crippen molar-refractivity contribution in [2.75, 3.05) is 13.2 Å². The number of halogens is 2. The molecule has 0 atom stereocenters. The minimum atomic E-state index is -0.744. The number of benzene rings is 1. The van der Waals surface area contributed by atoms with E-state index in [1.807, 2.05) is 0 Å². The van der Waals surface area contributed by atoms with Crippen molar-refractivity contribution in [1.82, 2.24) is 5.32 Å². The third-order valence-corrected chi connectivity index (χ3v) is 2.58. The Morgan fingerprint density at radius 1 is 1.25 bits per heavy atom. The van der Waals surface area contributed by atoms with Gasteiger partial charge in [0.25, 0.3) is 0 Å². The topological polar surface area (TPSA) is 55.4 Å². The first kappa shape index (κ1) is 16.1. The molecule has 1 amide bonds. The molecule has 1 aromatic carbocycles. The minimum Gasteiger partial charge on any atom is -0.466 e. The van der Waals surface area contributed by atoms with Crippen molar-refractivity contribution < 1.29 is 23.1 Å². The maximum Gasteiger partial charge on any atom is 0.305 e. The molecule has 1 aromatic rings. The zero-order valence-corrected chi connectivity index (χ0v) is 11.2. The first-order valence-electron chi connectivity index (χ1n) is 6.39. The normalized spacial score (nSPS) is 10.2. The molecular weight excluding hydrogens is 268 g/mol. The van der Waals surface area contributed by atoms with Crippen molar-refractivity contribution >= 4 is 11.9 Å². The van der Waals surface area contributed by atoms with Crippen LogP contribution in [0.1, 0.15) is 25.3 Å². The summed E-state index contributed by atoms with van der Waals surface area (Å²) >= 11 is 0. The first-order valence-corrected chi connectivity index (χ1v) is 6.39. The molecule has 0 aliphatic rings. The van der Waals surface area contributed by atoms with Crippen LogP contribution in [0.2, 0.25) is 0 Å². The van der Waals surface area contributed by atoms with Crippen molar-refractivity contribution in [3.63, 3.8) is 0 Å². The van der Waals surface area contributed by atoms with Gasteiger partial charge in [0.15, 0.2) is 0 Å². The van der Waals surface area contributed by atoms with Crippen molar-refractivity contribution in [2.24, 2.45) is 0 Å². The van der Waals surface area contributed by atoms with Crippen LogP contribution in [0.15, 0.2) is 18.2 Å². The molecule has 1 rings (SSSR count). The van der Waals surface area contributed by atoms with E-state index in [1.165, 1.54) is 6.07 Å². The van der Waals surface area contributed by atoms with Gasteiger partial charge in [-0.05, 0) is 25.5 Å². The van der Waals surface area contributed by atoms with Gasteiger partial charge in [-0.25, -0.2) is 8.78 Å². The average Bonchev–Trinajstić information content (AvgIpc) is 2.39. The number of esters is 1. The van der Waals surface area contributed by atoms with Gasteiger partial charge in [0.05, 0.1) is 13.0 Å². The van der Waals surface area contributed by atoms with Gasteiger partial charge in [0.1, 0.15) is 11.6 Å². The second kappa shape index (κ2) is 8.24. The number of carbonyl (C=O) groups is 2. The number of ether oxygens (including phenoxy) is 1. The van der Waals surface area contributed by atoms with Crippen LogP contribution in [0.3, 0.4) is 0 Å². The van der Waals surface area contributed by atoms with Gasteiger partial charge in [-0.3, -0.25) is 9.59 Å². The molecule has 6 heteroatoms. The predicted octanol–water partition coefficient (Wildman–Crippen LogP) is 1.97. The Morgan fingerprint density at radius 2 is 1.90 bits per heavy atom. The quantitative estimate of drug-likeness (QED) is 0.615. The van der Waals surface area contributed by atoms with E-state index in [0.29, 0.717) is 13.0 Å². The number of hydrogen-bond acceptors (Lipinski definition) is 3. The van der Waals surface area contributed by atoms with Crippen LogP contribution in [0.5, 0.6) is 0 Å². The summed E-state index contributed by atoms with van der Waals surface area (Å²) < 4.78 is 31.3. The van der Waals surface area contributed by atoms with Crippen molar-refractivity contribution in [2.45, 2.75) is 26.2 Å². The zero-order chi connectivity index (χ0) is 15.0. The lowest BCUT2D eigenvalue weighted by Gasteiger charge is -2.07. The largest absolute Gasteiger partial charge is 0.466 e. The van der Waals surface area contributed by atoms with E-state index >= 15 is 0 Å².